The van der Waals surface area contributed by atoms with Crippen LogP contribution in [0.2, 0.25) is 0 Å². The lowest BCUT2D eigenvalue weighted by Gasteiger charge is -2.16. The van der Waals surface area contributed by atoms with Crippen molar-refractivity contribution in [1.82, 2.24) is 4.98 Å². The van der Waals surface area contributed by atoms with Gasteiger partial charge in [0.05, 0.1) is 12.3 Å². The molecule has 0 saturated carbocycles. The molecule has 0 aliphatic carbocycles. The van der Waals surface area contributed by atoms with Crippen molar-refractivity contribution in [3.8, 4) is 11.6 Å². The molecule has 1 aliphatic heterocycles. The van der Waals surface area contributed by atoms with Crippen LogP contribution >= 0.6 is 0 Å². The summed E-state index contributed by atoms with van der Waals surface area (Å²) in [6.45, 7) is 3.14. The molecule has 0 radical (unpaired) electrons. The minimum Gasteiger partial charge on any atom is -0.484 e. The minimum atomic E-state index is -0.385. The number of nitrogens with zero attached hydrogens (tertiary/aromatic N) is 1. The Balaban J connectivity index is 2.09. The average Bonchev–Trinajstić information content (AvgIpc) is 2.36. The van der Waals surface area contributed by atoms with Crippen LogP contribution in [0.3, 0.4) is 0 Å². The molecule has 90 valence electrons. The van der Waals surface area contributed by atoms with Crippen LogP contribution in [0.4, 0.5) is 0 Å². The Hall–Kier alpha value is -2.04. The first-order valence-electron chi connectivity index (χ1n) is 5.41. The van der Waals surface area contributed by atoms with Crippen LogP contribution in [0.25, 0.3) is 6.08 Å². The van der Waals surface area contributed by atoms with E-state index in [9.17, 15) is 4.79 Å². The van der Waals surface area contributed by atoms with Crippen molar-refractivity contribution >= 4 is 12.0 Å². The normalized spacial score (nSPS) is 13.7. The van der Waals surface area contributed by atoms with Gasteiger partial charge < -0.3 is 14.2 Å². The molecule has 0 N–H and O–H groups in total. The molecule has 1 aliphatic rings. The number of esters is 1. The molecule has 0 fully saturated rings. The highest BCUT2D eigenvalue weighted by molar-refractivity contribution is 5.86. The largest absolute Gasteiger partial charge is 0.484 e. The maximum atomic E-state index is 11.1. The van der Waals surface area contributed by atoms with Crippen molar-refractivity contribution in [3.63, 3.8) is 0 Å². The molecule has 5 heteroatoms. The Morgan fingerprint density at radius 1 is 1.47 bits per heavy atom. The van der Waals surface area contributed by atoms with Crippen molar-refractivity contribution in [3.05, 3.63) is 23.9 Å². The lowest BCUT2D eigenvalue weighted by Crippen LogP contribution is -2.16. The summed E-state index contributed by atoms with van der Waals surface area (Å²) in [6.07, 6.45) is 2.91. The molecule has 5 nitrogen and oxygen atoms in total. The van der Waals surface area contributed by atoms with Gasteiger partial charge in [0.2, 0.25) is 0 Å². The molecule has 2 rings (SSSR count). The zero-order valence-corrected chi connectivity index (χ0v) is 9.51. The first-order valence-corrected chi connectivity index (χ1v) is 5.41. The Kier molecular flexibility index (Phi) is 3.59. The van der Waals surface area contributed by atoms with Gasteiger partial charge in [-0.2, -0.15) is 0 Å². The maximum absolute atomic E-state index is 11.1. The second-order valence-electron chi connectivity index (χ2n) is 3.32. The second-order valence-corrected chi connectivity index (χ2v) is 3.32. The molecular weight excluding hydrogens is 222 g/mol. The predicted octanol–water partition coefficient (Wildman–Crippen LogP) is 1.43. The van der Waals surface area contributed by atoms with E-state index >= 15 is 0 Å². The van der Waals surface area contributed by atoms with E-state index in [1.165, 1.54) is 6.08 Å². The molecule has 0 saturated heterocycles. The topological polar surface area (TPSA) is 57.7 Å². The van der Waals surface area contributed by atoms with E-state index in [4.69, 9.17) is 14.2 Å². The van der Waals surface area contributed by atoms with E-state index in [1.54, 1.807) is 25.1 Å². The molecule has 0 spiro atoms. The third-order valence-electron chi connectivity index (χ3n) is 2.10. The zero-order valence-electron chi connectivity index (χ0n) is 9.51. The van der Waals surface area contributed by atoms with E-state index in [0.29, 0.717) is 37.1 Å². The first kappa shape index (κ1) is 11.4. The van der Waals surface area contributed by atoms with Crippen LogP contribution in [0.15, 0.2) is 18.2 Å². The van der Waals surface area contributed by atoms with Crippen molar-refractivity contribution in [1.29, 1.82) is 0 Å². The van der Waals surface area contributed by atoms with Gasteiger partial charge in [-0.15, -0.1) is 0 Å². The van der Waals surface area contributed by atoms with E-state index < -0.39 is 0 Å². The third-order valence-corrected chi connectivity index (χ3v) is 2.10. The molecule has 0 unspecified atom stereocenters. The summed E-state index contributed by atoms with van der Waals surface area (Å²) in [5, 5.41) is 0. The van der Waals surface area contributed by atoms with Gasteiger partial charge in [0.1, 0.15) is 13.2 Å². The molecule has 2 heterocycles. The second kappa shape index (κ2) is 5.34. The quantitative estimate of drug-likeness (QED) is 0.586. The number of ether oxygens (including phenoxy) is 3. The van der Waals surface area contributed by atoms with Gasteiger partial charge in [0, 0.05) is 6.08 Å². The summed E-state index contributed by atoms with van der Waals surface area (Å²) in [7, 11) is 0. The van der Waals surface area contributed by atoms with Crippen LogP contribution in [0.1, 0.15) is 12.6 Å². The van der Waals surface area contributed by atoms with E-state index in [1.807, 2.05) is 0 Å². The van der Waals surface area contributed by atoms with Gasteiger partial charge in [-0.3, -0.25) is 0 Å². The molecule has 0 atom stereocenters. The predicted molar refractivity (Wildman–Crippen MR) is 60.9 cm³/mol. The number of hydrogen-bond acceptors (Lipinski definition) is 5. The van der Waals surface area contributed by atoms with E-state index in [-0.39, 0.29) is 5.97 Å². The van der Waals surface area contributed by atoms with Gasteiger partial charge in [0.15, 0.2) is 5.75 Å². The van der Waals surface area contributed by atoms with Crippen molar-refractivity contribution in [2.24, 2.45) is 0 Å². The summed E-state index contributed by atoms with van der Waals surface area (Å²) < 4.78 is 15.4. The highest BCUT2D eigenvalue weighted by Crippen LogP contribution is 2.27. The Labute approximate surface area is 99.0 Å². The lowest BCUT2D eigenvalue weighted by atomic mass is 10.3. The fourth-order valence-corrected chi connectivity index (χ4v) is 1.38. The van der Waals surface area contributed by atoms with Crippen molar-refractivity contribution in [2.75, 3.05) is 19.8 Å². The van der Waals surface area contributed by atoms with Crippen LogP contribution in [-0.4, -0.2) is 30.8 Å². The smallest absolute Gasteiger partial charge is 0.330 e. The Morgan fingerprint density at radius 2 is 2.29 bits per heavy atom. The third kappa shape index (κ3) is 2.96. The molecular formula is C12H13NO4. The molecule has 1 aromatic heterocycles. The summed E-state index contributed by atoms with van der Waals surface area (Å²) in [5.74, 6) is 0.705. The van der Waals surface area contributed by atoms with Crippen molar-refractivity contribution in [2.45, 2.75) is 6.92 Å². The average molecular weight is 235 g/mol. The van der Waals surface area contributed by atoms with Gasteiger partial charge in [-0.05, 0) is 25.1 Å². The van der Waals surface area contributed by atoms with Crippen LogP contribution < -0.4 is 9.47 Å². The zero-order chi connectivity index (χ0) is 12.1. The minimum absolute atomic E-state index is 0.359. The fraction of sp³-hybridized carbons (Fsp3) is 0.333. The summed E-state index contributed by atoms with van der Waals surface area (Å²) in [6, 6.07) is 3.52. The molecule has 1 aromatic rings. The summed E-state index contributed by atoms with van der Waals surface area (Å²) in [5.41, 5.74) is 0.627. The van der Waals surface area contributed by atoms with E-state index in [0.717, 1.165) is 0 Å². The highest BCUT2D eigenvalue weighted by Gasteiger charge is 2.12. The molecule has 0 amide bonds. The van der Waals surface area contributed by atoms with Gasteiger partial charge >= 0.3 is 5.97 Å². The fourth-order valence-electron chi connectivity index (χ4n) is 1.38. The number of hydrogen-bond donors (Lipinski definition) is 0. The van der Waals surface area contributed by atoms with Crippen LogP contribution in [0.5, 0.6) is 11.6 Å². The molecule has 0 aromatic carbocycles. The summed E-state index contributed by atoms with van der Waals surface area (Å²) >= 11 is 0. The Morgan fingerprint density at radius 3 is 3.12 bits per heavy atom. The van der Waals surface area contributed by atoms with Gasteiger partial charge in [0.25, 0.3) is 5.88 Å². The number of rotatable bonds is 3. The SMILES string of the molecule is CCOC(=O)/C=C/c1ccc2c(n1)OCCO2. The maximum Gasteiger partial charge on any atom is 0.330 e. The number of carbonyl (C=O) groups is 1. The molecule has 17 heavy (non-hydrogen) atoms. The lowest BCUT2D eigenvalue weighted by molar-refractivity contribution is -0.137. The number of carbonyl (C=O) groups excluding carboxylic acids is 1. The van der Waals surface area contributed by atoms with Crippen molar-refractivity contribution < 1.29 is 19.0 Å². The van der Waals surface area contributed by atoms with E-state index in [2.05, 4.69) is 4.98 Å². The number of pyridine rings is 1. The van der Waals surface area contributed by atoms with Gasteiger partial charge in [-0.25, -0.2) is 9.78 Å². The molecule has 0 bridgehead atoms. The monoisotopic (exact) mass is 235 g/mol. The van der Waals surface area contributed by atoms with Crippen LogP contribution in [-0.2, 0) is 9.53 Å². The summed E-state index contributed by atoms with van der Waals surface area (Å²) in [4.78, 5) is 15.3. The Bertz CT molecular complexity index is 442. The number of aromatic nitrogens is 1. The van der Waals surface area contributed by atoms with Gasteiger partial charge in [-0.1, -0.05) is 0 Å². The first-order chi connectivity index (χ1) is 8.29. The van der Waals surface area contributed by atoms with Crippen LogP contribution in [0, 0.1) is 0 Å². The highest BCUT2D eigenvalue weighted by atomic mass is 16.6. The number of fused-ring (bicyclic) bond motifs is 1. The standard InChI is InChI=1S/C12H13NO4/c1-2-15-11(14)6-4-9-3-5-10-12(13-9)17-8-7-16-10/h3-6H,2,7-8H2,1H3/b6-4+.